The molecule has 0 spiro atoms. The smallest absolute Gasteiger partial charge is 0.0208 e. The molecule has 0 aromatic heterocycles. The molecular formula is C13H19N. The minimum atomic E-state index is 0.960. The second-order valence-electron chi connectivity index (χ2n) is 3.61. The van der Waals surface area contributed by atoms with Crippen LogP contribution in [0.1, 0.15) is 23.1 Å². The van der Waals surface area contributed by atoms with Gasteiger partial charge in [-0.3, -0.25) is 0 Å². The van der Waals surface area contributed by atoms with Gasteiger partial charge in [0, 0.05) is 6.54 Å². The average Bonchev–Trinajstić information content (AvgIpc) is 2.19. The van der Waals surface area contributed by atoms with E-state index in [2.05, 4.69) is 43.9 Å². The summed E-state index contributed by atoms with van der Waals surface area (Å²) in [6, 6.07) is 6.46. The highest BCUT2D eigenvalue weighted by atomic mass is 14.8. The van der Waals surface area contributed by atoms with Gasteiger partial charge >= 0.3 is 0 Å². The van der Waals surface area contributed by atoms with Gasteiger partial charge in [-0.15, -0.1) is 6.58 Å². The molecule has 1 nitrogen and oxygen atoms in total. The third-order valence-electron chi connectivity index (χ3n) is 2.56. The van der Waals surface area contributed by atoms with Gasteiger partial charge in [-0.25, -0.2) is 0 Å². The molecule has 0 heterocycles. The van der Waals surface area contributed by atoms with Crippen LogP contribution in [0.3, 0.4) is 0 Å². The Labute approximate surface area is 86.8 Å². The van der Waals surface area contributed by atoms with Crippen LogP contribution in [-0.2, 0) is 6.54 Å². The lowest BCUT2D eigenvalue weighted by Crippen LogP contribution is -2.14. The highest BCUT2D eigenvalue weighted by Gasteiger charge is 1.98. The van der Waals surface area contributed by atoms with E-state index >= 15 is 0 Å². The van der Waals surface area contributed by atoms with Crippen LogP contribution in [0.15, 0.2) is 30.9 Å². The zero-order valence-corrected chi connectivity index (χ0v) is 9.14. The van der Waals surface area contributed by atoms with Crippen molar-refractivity contribution < 1.29 is 0 Å². The van der Waals surface area contributed by atoms with Crippen LogP contribution < -0.4 is 5.32 Å². The Kier molecular flexibility index (Phi) is 4.41. The molecule has 0 aliphatic heterocycles. The van der Waals surface area contributed by atoms with Crippen molar-refractivity contribution in [3.63, 3.8) is 0 Å². The van der Waals surface area contributed by atoms with E-state index in [0.717, 1.165) is 19.5 Å². The van der Waals surface area contributed by atoms with Crippen LogP contribution in [0.4, 0.5) is 0 Å². The molecule has 0 bridgehead atoms. The molecule has 0 aliphatic rings. The van der Waals surface area contributed by atoms with Crippen molar-refractivity contribution in [3.8, 4) is 0 Å². The van der Waals surface area contributed by atoms with Crippen LogP contribution >= 0.6 is 0 Å². The van der Waals surface area contributed by atoms with Crippen molar-refractivity contribution in [1.29, 1.82) is 0 Å². The van der Waals surface area contributed by atoms with Crippen LogP contribution in [0, 0.1) is 13.8 Å². The van der Waals surface area contributed by atoms with Gasteiger partial charge in [0.05, 0.1) is 0 Å². The van der Waals surface area contributed by atoms with Gasteiger partial charge in [0.25, 0.3) is 0 Å². The first-order valence-corrected chi connectivity index (χ1v) is 5.12. The summed E-state index contributed by atoms with van der Waals surface area (Å²) in [4.78, 5) is 0. The minimum absolute atomic E-state index is 0.960. The second-order valence-corrected chi connectivity index (χ2v) is 3.61. The molecular weight excluding hydrogens is 170 g/mol. The molecule has 0 aliphatic carbocycles. The van der Waals surface area contributed by atoms with Gasteiger partial charge < -0.3 is 5.32 Å². The van der Waals surface area contributed by atoms with Gasteiger partial charge in [0.1, 0.15) is 0 Å². The van der Waals surface area contributed by atoms with E-state index in [1.807, 2.05) is 6.08 Å². The summed E-state index contributed by atoms with van der Waals surface area (Å²) in [5.74, 6) is 0. The molecule has 1 aromatic carbocycles. The van der Waals surface area contributed by atoms with Crippen molar-refractivity contribution in [2.24, 2.45) is 0 Å². The van der Waals surface area contributed by atoms with Crippen molar-refractivity contribution in [2.75, 3.05) is 6.54 Å². The normalized spacial score (nSPS) is 10.1. The van der Waals surface area contributed by atoms with Gasteiger partial charge in [-0.2, -0.15) is 0 Å². The molecule has 0 unspecified atom stereocenters. The van der Waals surface area contributed by atoms with Crippen LogP contribution in [0.25, 0.3) is 0 Å². The molecule has 14 heavy (non-hydrogen) atoms. The first kappa shape index (κ1) is 11.0. The largest absolute Gasteiger partial charge is 0.312 e. The molecule has 1 heteroatoms. The van der Waals surface area contributed by atoms with Crippen molar-refractivity contribution >= 4 is 0 Å². The van der Waals surface area contributed by atoms with E-state index in [-0.39, 0.29) is 0 Å². The van der Waals surface area contributed by atoms with E-state index in [1.165, 1.54) is 16.7 Å². The van der Waals surface area contributed by atoms with E-state index in [4.69, 9.17) is 0 Å². The van der Waals surface area contributed by atoms with E-state index in [0.29, 0.717) is 0 Å². The Balaban J connectivity index is 2.50. The monoisotopic (exact) mass is 189 g/mol. The third kappa shape index (κ3) is 3.00. The van der Waals surface area contributed by atoms with E-state index in [9.17, 15) is 0 Å². The Bertz CT molecular complexity index is 302. The molecule has 1 rings (SSSR count). The average molecular weight is 189 g/mol. The fraction of sp³-hybridized carbons (Fsp3) is 0.385. The molecule has 0 saturated carbocycles. The maximum atomic E-state index is 3.70. The topological polar surface area (TPSA) is 12.0 Å². The van der Waals surface area contributed by atoms with Gasteiger partial charge in [-0.1, -0.05) is 24.3 Å². The first-order valence-electron chi connectivity index (χ1n) is 5.12. The fourth-order valence-electron chi connectivity index (χ4n) is 1.43. The summed E-state index contributed by atoms with van der Waals surface area (Å²) in [5, 5.41) is 3.40. The van der Waals surface area contributed by atoms with Crippen molar-refractivity contribution in [3.05, 3.63) is 47.5 Å². The number of hydrogen-bond donors (Lipinski definition) is 1. The molecule has 0 amide bonds. The summed E-state index contributed by atoms with van der Waals surface area (Å²) in [6.07, 6.45) is 2.97. The number of hydrogen-bond acceptors (Lipinski definition) is 1. The highest BCUT2D eigenvalue weighted by molar-refractivity contribution is 5.32. The highest BCUT2D eigenvalue weighted by Crippen LogP contribution is 2.11. The summed E-state index contributed by atoms with van der Waals surface area (Å²) in [5.41, 5.74) is 4.17. The zero-order valence-electron chi connectivity index (χ0n) is 9.14. The molecule has 1 aromatic rings. The van der Waals surface area contributed by atoms with E-state index < -0.39 is 0 Å². The lowest BCUT2D eigenvalue weighted by atomic mass is 10.0. The Morgan fingerprint density at radius 3 is 2.86 bits per heavy atom. The van der Waals surface area contributed by atoms with Gasteiger partial charge in [0.15, 0.2) is 0 Å². The first-order chi connectivity index (χ1) is 6.75. The molecule has 0 saturated heterocycles. The predicted octanol–water partition coefficient (Wildman–Crippen LogP) is 2.97. The molecule has 0 radical (unpaired) electrons. The molecule has 1 N–H and O–H groups in total. The van der Waals surface area contributed by atoms with E-state index in [1.54, 1.807) is 0 Å². The van der Waals surface area contributed by atoms with Crippen LogP contribution in [-0.4, -0.2) is 6.54 Å². The lowest BCUT2D eigenvalue weighted by Gasteiger charge is -2.08. The maximum absolute atomic E-state index is 3.70. The Morgan fingerprint density at radius 1 is 1.36 bits per heavy atom. The number of benzene rings is 1. The summed E-state index contributed by atoms with van der Waals surface area (Å²) >= 11 is 0. The van der Waals surface area contributed by atoms with Gasteiger partial charge in [0.2, 0.25) is 0 Å². The Morgan fingerprint density at radius 2 is 2.14 bits per heavy atom. The molecule has 0 fully saturated rings. The maximum Gasteiger partial charge on any atom is 0.0208 e. The summed E-state index contributed by atoms with van der Waals surface area (Å²) in [7, 11) is 0. The number of rotatable bonds is 5. The van der Waals surface area contributed by atoms with Crippen LogP contribution in [0.5, 0.6) is 0 Å². The third-order valence-corrected chi connectivity index (χ3v) is 2.56. The number of aryl methyl sites for hydroxylation is 1. The van der Waals surface area contributed by atoms with Crippen molar-refractivity contribution in [2.45, 2.75) is 26.8 Å². The van der Waals surface area contributed by atoms with Gasteiger partial charge in [-0.05, 0) is 43.5 Å². The van der Waals surface area contributed by atoms with Crippen LogP contribution in [0.2, 0.25) is 0 Å². The fourth-order valence-corrected chi connectivity index (χ4v) is 1.43. The van der Waals surface area contributed by atoms with Crippen molar-refractivity contribution in [1.82, 2.24) is 5.32 Å². The SMILES string of the molecule is C=CCCNCc1cccc(C)c1C. The summed E-state index contributed by atoms with van der Waals surface area (Å²) < 4.78 is 0. The molecule has 0 atom stereocenters. The summed E-state index contributed by atoms with van der Waals surface area (Å²) in [6.45, 7) is 10.0. The Hall–Kier alpha value is -1.08. The predicted molar refractivity (Wildman–Crippen MR) is 62.4 cm³/mol. The number of nitrogens with one attached hydrogen (secondary N) is 1. The standard InChI is InChI=1S/C13H19N/c1-4-5-9-14-10-13-8-6-7-11(2)12(13)3/h4,6-8,14H,1,5,9-10H2,2-3H3. The minimum Gasteiger partial charge on any atom is -0.312 e. The lowest BCUT2D eigenvalue weighted by molar-refractivity contribution is 0.693. The quantitative estimate of drug-likeness (QED) is 0.554. The zero-order chi connectivity index (χ0) is 10.4. The molecule has 76 valence electrons. The second kappa shape index (κ2) is 5.61.